The van der Waals surface area contributed by atoms with Gasteiger partial charge in [-0.05, 0) is 18.8 Å². The molecule has 8 nitrogen and oxygen atoms in total. The highest BCUT2D eigenvalue weighted by Crippen LogP contribution is 2.02. The summed E-state index contributed by atoms with van der Waals surface area (Å²) < 4.78 is 0. The van der Waals surface area contributed by atoms with Crippen molar-refractivity contribution in [1.29, 1.82) is 0 Å². The van der Waals surface area contributed by atoms with Crippen molar-refractivity contribution in [2.75, 3.05) is 6.54 Å². The van der Waals surface area contributed by atoms with Gasteiger partial charge in [-0.15, -0.1) is 0 Å². The quantitative estimate of drug-likeness (QED) is 0.346. The lowest BCUT2D eigenvalue weighted by Gasteiger charge is -2.21. The van der Waals surface area contributed by atoms with Crippen molar-refractivity contribution in [3.8, 4) is 0 Å². The van der Waals surface area contributed by atoms with Crippen LogP contribution in [0.5, 0.6) is 0 Å². The van der Waals surface area contributed by atoms with Crippen LogP contribution in [0.3, 0.4) is 0 Å². The fourth-order valence-corrected chi connectivity index (χ4v) is 1.62. The molecular formula is C16H34N4O4. The predicted molar refractivity (Wildman–Crippen MR) is 95.3 cm³/mol. The Kier molecular flexibility index (Phi) is 21.1. The van der Waals surface area contributed by atoms with Gasteiger partial charge in [0.25, 0.3) is 0 Å². The third kappa shape index (κ3) is 14.8. The van der Waals surface area contributed by atoms with Crippen molar-refractivity contribution in [1.82, 2.24) is 16.0 Å². The number of nitrogens with two attached hydrogens (primary N) is 1. The Labute approximate surface area is 145 Å². The lowest BCUT2D eigenvalue weighted by Crippen LogP contribution is -2.50. The van der Waals surface area contributed by atoms with Gasteiger partial charge in [-0.1, -0.05) is 41.5 Å². The van der Waals surface area contributed by atoms with E-state index in [9.17, 15) is 19.2 Å². The Hall–Kier alpha value is -2.12. The second kappa shape index (κ2) is 18.9. The summed E-state index contributed by atoms with van der Waals surface area (Å²) in [5.41, 5.74) is 4.90. The molecule has 24 heavy (non-hydrogen) atoms. The molecule has 0 aliphatic carbocycles. The van der Waals surface area contributed by atoms with Crippen LogP contribution in [0, 0.1) is 5.92 Å². The second-order valence-corrected chi connectivity index (χ2v) is 4.69. The summed E-state index contributed by atoms with van der Waals surface area (Å²) in [5.74, 6) is -0.504. The average Bonchev–Trinajstić information content (AvgIpc) is 2.58. The molecule has 0 aromatic rings. The van der Waals surface area contributed by atoms with Crippen LogP contribution in [0.2, 0.25) is 0 Å². The lowest BCUT2D eigenvalue weighted by molar-refractivity contribution is -0.128. The maximum atomic E-state index is 11.9. The average molecular weight is 346 g/mol. The molecule has 0 heterocycles. The van der Waals surface area contributed by atoms with Crippen LogP contribution in [0.15, 0.2) is 0 Å². The van der Waals surface area contributed by atoms with Crippen LogP contribution in [0.4, 0.5) is 4.79 Å². The highest BCUT2D eigenvalue weighted by Gasteiger charge is 2.23. The summed E-state index contributed by atoms with van der Waals surface area (Å²) in [7, 11) is 0. The number of hydrogen-bond acceptors (Lipinski definition) is 4. The summed E-state index contributed by atoms with van der Waals surface area (Å²) in [6.45, 7) is 11.9. The van der Waals surface area contributed by atoms with E-state index in [1.54, 1.807) is 13.8 Å². The zero-order valence-corrected chi connectivity index (χ0v) is 15.7. The minimum atomic E-state index is -0.682. The summed E-state index contributed by atoms with van der Waals surface area (Å²) in [6.07, 6.45) is 1.96. The SMILES string of the molecule is CC.CC.CC(C)C(NC=O)C(=O)NC(C=O)CCCNC(N)=O. The Morgan fingerprint density at radius 3 is 2.00 bits per heavy atom. The van der Waals surface area contributed by atoms with E-state index in [0.717, 1.165) is 0 Å². The number of hydrogen-bond donors (Lipinski definition) is 4. The molecule has 142 valence electrons. The molecule has 0 aliphatic heterocycles. The molecule has 0 fully saturated rings. The van der Waals surface area contributed by atoms with Gasteiger partial charge in [-0.3, -0.25) is 9.59 Å². The summed E-state index contributed by atoms with van der Waals surface area (Å²) in [4.78, 5) is 43.7. The van der Waals surface area contributed by atoms with Gasteiger partial charge in [-0.2, -0.15) is 0 Å². The maximum absolute atomic E-state index is 11.9. The van der Waals surface area contributed by atoms with Gasteiger partial charge in [0.05, 0.1) is 6.04 Å². The fraction of sp³-hybridized carbons (Fsp3) is 0.750. The van der Waals surface area contributed by atoms with E-state index in [0.29, 0.717) is 32.1 Å². The molecule has 0 aliphatic rings. The summed E-state index contributed by atoms with van der Waals surface area (Å²) in [5, 5.41) is 7.35. The smallest absolute Gasteiger partial charge is 0.312 e. The first-order valence-electron chi connectivity index (χ1n) is 8.41. The molecular weight excluding hydrogens is 312 g/mol. The zero-order chi connectivity index (χ0) is 19.5. The number of amides is 4. The molecule has 0 saturated heterocycles. The van der Waals surface area contributed by atoms with E-state index < -0.39 is 24.0 Å². The highest BCUT2D eigenvalue weighted by molar-refractivity contribution is 5.86. The van der Waals surface area contributed by atoms with Gasteiger partial charge in [0.15, 0.2) is 0 Å². The first kappa shape index (κ1) is 26.8. The monoisotopic (exact) mass is 346 g/mol. The lowest BCUT2D eigenvalue weighted by atomic mass is 10.0. The predicted octanol–water partition coefficient (Wildman–Crippen LogP) is 0.942. The largest absolute Gasteiger partial charge is 0.352 e. The minimum Gasteiger partial charge on any atom is -0.352 e. The molecule has 5 N–H and O–H groups in total. The molecule has 0 rings (SSSR count). The van der Waals surface area contributed by atoms with Crippen LogP contribution < -0.4 is 21.7 Å². The van der Waals surface area contributed by atoms with Crippen LogP contribution in [0.25, 0.3) is 0 Å². The van der Waals surface area contributed by atoms with Gasteiger partial charge in [0.1, 0.15) is 12.3 Å². The van der Waals surface area contributed by atoms with Crippen LogP contribution in [0.1, 0.15) is 54.4 Å². The van der Waals surface area contributed by atoms with Crippen molar-refractivity contribution in [2.45, 2.75) is 66.5 Å². The highest BCUT2D eigenvalue weighted by atomic mass is 16.2. The third-order valence-electron chi connectivity index (χ3n) is 2.68. The molecule has 0 aromatic heterocycles. The molecule has 0 aromatic carbocycles. The molecule has 4 amide bonds. The number of carbonyl (C=O) groups excluding carboxylic acids is 4. The van der Waals surface area contributed by atoms with Crippen molar-refractivity contribution in [3.05, 3.63) is 0 Å². The number of urea groups is 1. The van der Waals surface area contributed by atoms with E-state index >= 15 is 0 Å². The number of carbonyl (C=O) groups is 4. The fourth-order valence-electron chi connectivity index (χ4n) is 1.62. The standard InChI is InChI=1S/C12H22N4O4.2C2H6/c1-8(2)10(15-7-18)11(19)16-9(6-17)4-3-5-14-12(13)20;2*1-2/h6-10H,3-5H2,1-2H3,(H,15,18)(H,16,19)(H3,13,14,20);2*1-2H3. The van der Waals surface area contributed by atoms with Crippen LogP contribution >= 0.6 is 0 Å². The molecule has 0 radical (unpaired) electrons. The number of primary amides is 1. The van der Waals surface area contributed by atoms with Gasteiger partial charge in [-0.25, -0.2) is 4.79 Å². The Bertz CT molecular complexity index is 349. The van der Waals surface area contributed by atoms with E-state index in [4.69, 9.17) is 5.73 Å². The Morgan fingerprint density at radius 2 is 1.62 bits per heavy atom. The van der Waals surface area contributed by atoms with Gasteiger partial charge < -0.3 is 26.5 Å². The number of aldehydes is 1. The minimum absolute atomic E-state index is 0.0935. The molecule has 8 heteroatoms. The normalized spacial score (nSPS) is 11.5. The van der Waals surface area contributed by atoms with Gasteiger partial charge in [0, 0.05) is 6.54 Å². The molecule has 0 saturated carbocycles. The molecule has 2 atom stereocenters. The summed E-state index contributed by atoms with van der Waals surface area (Å²) in [6, 6.07) is -1.97. The van der Waals surface area contributed by atoms with Crippen LogP contribution in [-0.4, -0.2) is 43.3 Å². The van der Waals surface area contributed by atoms with Gasteiger partial charge >= 0.3 is 6.03 Å². The third-order valence-corrected chi connectivity index (χ3v) is 2.68. The molecule has 0 bridgehead atoms. The Morgan fingerprint density at radius 1 is 1.08 bits per heavy atom. The van der Waals surface area contributed by atoms with E-state index in [-0.39, 0.29) is 5.92 Å². The molecule has 0 spiro atoms. The maximum Gasteiger partial charge on any atom is 0.312 e. The van der Waals surface area contributed by atoms with Crippen molar-refractivity contribution in [2.24, 2.45) is 11.7 Å². The van der Waals surface area contributed by atoms with E-state index in [1.165, 1.54) is 0 Å². The topological polar surface area (TPSA) is 130 Å². The van der Waals surface area contributed by atoms with Crippen molar-refractivity contribution < 1.29 is 19.2 Å². The van der Waals surface area contributed by atoms with E-state index in [1.807, 2.05) is 27.7 Å². The first-order chi connectivity index (χ1) is 11.4. The van der Waals surface area contributed by atoms with Crippen molar-refractivity contribution in [3.63, 3.8) is 0 Å². The van der Waals surface area contributed by atoms with Crippen molar-refractivity contribution >= 4 is 24.6 Å². The van der Waals surface area contributed by atoms with Gasteiger partial charge in [0.2, 0.25) is 12.3 Å². The second-order valence-electron chi connectivity index (χ2n) is 4.69. The Balaban J connectivity index is -0.00000102. The van der Waals surface area contributed by atoms with Crippen LogP contribution in [-0.2, 0) is 14.4 Å². The summed E-state index contributed by atoms with van der Waals surface area (Å²) >= 11 is 0. The first-order valence-corrected chi connectivity index (χ1v) is 8.41. The number of nitrogens with one attached hydrogen (secondary N) is 3. The number of rotatable bonds is 10. The molecule has 2 unspecified atom stereocenters. The zero-order valence-electron chi connectivity index (χ0n) is 15.7. The van der Waals surface area contributed by atoms with E-state index in [2.05, 4.69) is 16.0 Å².